The van der Waals surface area contributed by atoms with Crippen molar-refractivity contribution in [1.29, 1.82) is 0 Å². The third-order valence-corrected chi connectivity index (χ3v) is 8.92. The molecule has 1 fully saturated rings. The van der Waals surface area contributed by atoms with Crippen LogP contribution in [0.5, 0.6) is 0 Å². The smallest absolute Gasteiger partial charge is 0.407 e. The Labute approximate surface area is 234 Å². The molecule has 3 heterocycles. The molecule has 1 N–H and O–H groups in total. The average Bonchev–Trinajstić information content (AvgIpc) is 3.24. The quantitative estimate of drug-likeness (QED) is 0.487. The largest absolute Gasteiger partial charge is 0.465 e. The Morgan fingerprint density at radius 1 is 1.11 bits per heavy atom. The van der Waals surface area contributed by atoms with Crippen molar-refractivity contribution in [3.63, 3.8) is 0 Å². The topological polar surface area (TPSA) is 89.9 Å². The summed E-state index contributed by atoms with van der Waals surface area (Å²) in [6.45, 7) is 14.3. The van der Waals surface area contributed by atoms with Crippen LogP contribution in [0.4, 0.5) is 10.6 Å². The first kappa shape index (κ1) is 28.5. The van der Waals surface area contributed by atoms with E-state index in [4.69, 9.17) is 11.6 Å². The molecule has 38 heavy (non-hydrogen) atoms. The van der Waals surface area contributed by atoms with E-state index in [1.54, 1.807) is 18.5 Å². The number of fused-ring (bicyclic) bond motifs is 1. The zero-order chi connectivity index (χ0) is 27.8. The van der Waals surface area contributed by atoms with E-state index < -0.39 is 23.5 Å². The molecule has 0 bridgehead atoms. The molecule has 10 heteroatoms. The summed E-state index contributed by atoms with van der Waals surface area (Å²) >= 11 is 8.05. The summed E-state index contributed by atoms with van der Waals surface area (Å²) in [5.74, 6) is 1.14. The highest BCUT2D eigenvalue weighted by Crippen LogP contribution is 2.44. The first-order valence-corrected chi connectivity index (χ1v) is 14.6. The summed E-state index contributed by atoms with van der Waals surface area (Å²) in [5, 5.41) is 11.1. The van der Waals surface area contributed by atoms with Crippen molar-refractivity contribution in [2.75, 3.05) is 31.1 Å². The van der Waals surface area contributed by atoms with Crippen LogP contribution in [0.25, 0.3) is 0 Å². The van der Waals surface area contributed by atoms with Gasteiger partial charge in [0.1, 0.15) is 12.1 Å². The van der Waals surface area contributed by atoms with Gasteiger partial charge in [-0.05, 0) is 43.9 Å². The molecule has 8 nitrogen and oxygen atoms in total. The number of thioether (sulfide) groups is 1. The minimum absolute atomic E-state index is 0.0596. The van der Waals surface area contributed by atoms with Crippen LogP contribution in [0, 0.1) is 5.41 Å². The van der Waals surface area contributed by atoms with Crippen LogP contribution in [0.2, 0.25) is 5.02 Å². The number of amides is 2. The number of aromatic nitrogens is 2. The predicted molar refractivity (Wildman–Crippen MR) is 153 cm³/mol. The molecule has 1 aromatic heterocycles. The Kier molecular flexibility index (Phi) is 8.47. The number of anilines is 1. The van der Waals surface area contributed by atoms with Gasteiger partial charge in [-0.3, -0.25) is 4.79 Å². The normalized spacial score (nSPS) is 19.3. The number of halogens is 1. The second-order valence-corrected chi connectivity index (χ2v) is 13.2. The third-order valence-electron chi connectivity index (χ3n) is 7.49. The Bertz CT molecular complexity index is 1160. The number of hydrogen-bond donors (Lipinski definition) is 1. The number of carbonyl (C=O) groups is 2. The van der Waals surface area contributed by atoms with E-state index in [0.717, 1.165) is 22.8 Å². The van der Waals surface area contributed by atoms with Crippen molar-refractivity contribution in [2.24, 2.45) is 5.41 Å². The van der Waals surface area contributed by atoms with Gasteiger partial charge in [0.05, 0.1) is 17.7 Å². The van der Waals surface area contributed by atoms with Crippen LogP contribution >= 0.6 is 23.4 Å². The van der Waals surface area contributed by atoms with E-state index in [0.29, 0.717) is 36.5 Å². The summed E-state index contributed by atoms with van der Waals surface area (Å²) < 4.78 is 0. The van der Waals surface area contributed by atoms with E-state index in [-0.39, 0.29) is 11.9 Å². The number of piperazine rings is 1. The number of nitrogens with zero attached hydrogens (tertiary/aromatic N) is 5. The number of carboxylic acid groups (broad SMARTS) is 1. The predicted octanol–water partition coefficient (Wildman–Crippen LogP) is 5.67. The van der Waals surface area contributed by atoms with Crippen LogP contribution in [-0.2, 0) is 10.5 Å². The van der Waals surface area contributed by atoms with Gasteiger partial charge in [0.2, 0.25) is 5.91 Å². The maximum Gasteiger partial charge on any atom is 0.407 e. The van der Waals surface area contributed by atoms with Gasteiger partial charge in [0, 0.05) is 53.8 Å². The standard InChI is InChI=1S/C28H38ClN5O3S/c1-17(2)34(27(36)37)24(28(4,5)6)23(19-7-9-20(29)10-8-19)26(35)33-13-11-32(12-14-33)25-22-18(3)38-15-21(22)30-16-31-25/h7-10,16-18,23-24H,11-15H2,1-6H3,(H,36,37)/t18-,23?,24+/m0/s1. The Morgan fingerprint density at radius 2 is 1.74 bits per heavy atom. The molecule has 1 saturated heterocycles. The summed E-state index contributed by atoms with van der Waals surface area (Å²) in [5.41, 5.74) is 2.58. The molecule has 0 saturated carbocycles. The maximum atomic E-state index is 14.3. The van der Waals surface area contributed by atoms with Crippen LogP contribution in [0.15, 0.2) is 30.6 Å². The fraction of sp³-hybridized carbons (Fsp3) is 0.571. The van der Waals surface area contributed by atoms with Gasteiger partial charge in [-0.1, -0.05) is 44.5 Å². The van der Waals surface area contributed by atoms with Gasteiger partial charge in [-0.25, -0.2) is 14.8 Å². The SMILES string of the molecule is CC(C)N(C(=O)O)[C@H](C(C(=O)N1CCN(c2ncnc3c2[C@H](C)SC3)CC1)c1ccc(Cl)cc1)C(C)(C)C. The molecule has 1 unspecified atom stereocenters. The molecule has 4 rings (SSSR count). The molecular weight excluding hydrogens is 522 g/mol. The van der Waals surface area contributed by atoms with Crippen molar-refractivity contribution in [3.8, 4) is 0 Å². The van der Waals surface area contributed by atoms with E-state index in [1.165, 1.54) is 10.5 Å². The molecular formula is C28H38ClN5O3S. The fourth-order valence-electron chi connectivity index (χ4n) is 5.70. The lowest BCUT2D eigenvalue weighted by atomic mass is 9.74. The highest BCUT2D eigenvalue weighted by Gasteiger charge is 2.46. The maximum absolute atomic E-state index is 14.3. The van der Waals surface area contributed by atoms with Crippen molar-refractivity contribution in [3.05, 3.63) is 52.4 Å². The summed E-state index contributed by atoms with van der Waals surface area (Å²) in [7, 11) is 0. The van der Waals surface area contributed by atoms with Gasteiger partial charge in [-0.2, -0.15) is 0 Å². The van der Waals surface area contributed by atoms with Gasteiger partial charge in [-0.15, -0.1) is 11.8 Å². The molecule has 3 atom stereocenters. The fourth-order valence-corrected chi connectivity index (χ4v) is 6.87. The summed E-state index contributed by atoms with van der Waals surface area (Å²) in [6, 6.07) is 6.37. The number of rotatable bonds is 6. The summed E-state index contributed by atoms with van der Waals surface area (Å²) in [6.07, 6.45) is 0.613. The van der Waals surface area contributed by atoms with Crippen molar-refractivity contribution < 1.29 is 14.7 Å². The van der Waals surface area contributed by atoms with Crippen LogP contribution in [0.1, 0.15) is 69.5 Å². The molecule has 0 radical (unpaired) electrons. The van der Waals surface area contributed by atoms with E-state index in [9.17, 15) is 14.7 Å². The molecule has 2 aromatic rings. The van der Waals surface area contributed by atoms with Crippen molar-refractivity contribution in [2.45, 2.75) is 70.5 Å². The highest BCUT2D eigenvalue weighted by molar-refractivity contribution is 7.99. The Morgan fingerprint density at radius 3 is 2.29 bits per heavy atom. The molecule has 2 amide bonds. The highest BCUT2D eigenvalue weighted by atomic mass is 35.5. The van der Waals surface area contributed by atoms with Gasteiger partial charge < -0.3 is 19.8 Å². The first-order chi connectivity index (χ1) is 17.9. The van der Waals surface area contributed by atoms with E-state index >= 15 is 0 Å². The third kappa shape index (κ3) is 5.73. The van der Waals surface area contributed by atoms with Crippen molar-refractivity contribution in [1.82, 2.24) is 19.8 Å². The lowest BCUT2D eigenvalue weighted by Crippen LogP contribution is -2.58. The zero-order valence-electron chi connectivity index (χ0n) is 23.0. The summed E-state index contributed by atoms with van der Waals surface area (Å²) in [4.78, 5) is 41.5. The number of benzene rings is 1. The molecule has 2 aliphatic rings. The van der Waals surface area contributed by atoms with Crippen LogP contribution in [-0.4, -0.2) is 75.1 Å². The monoisotopic (exact) mass is 559 g/mol. The lowest BCUT2D eigenvalue weighted by Gasteiger charge is -2.46. The van der Waals surface area contributed by atoms with Crippen molar-refractivity contribution >= 4 is 41.2 Å². The number of carbonyl (C=O) groups excluding carboxylic acids is 1. The second kappa shape index (κ2) is 11.3. The van der Waals surface area contributed by atoms with Gasteiger partial charge >= 0.3 is 6.09 Å². The Balaban J connectivity index is 1.64. The van der Waals surface area contributed by atoms with E-state index in [2.05, 4.69) is 21.8 Å². The first-order valence-electron chi connectivity index (χ1n) is 13.2. The number of hydrogen-bond acceptors (Lipinski definition) is 6. The average molecular weight is 560 g/mol. The van der Waals surface area contributed by atoms with Gasteiger partial charge in [0.25, 0.3) is 0 Å². The van der Waals surface area contributed by atoms with Crippen LogP contribution in [0.3, 0.4) is 0 Å². The molecule has 0 aliphatic carbocycles. The minimum atomic E-state index is -1.03. The molecule has 2 aliphatic heterocycles. The Hall–Kier alpha value is -2.52. The molecule has 1 aromatic carbocycles. The van der Waals surface area contributed by atoms with Gasteiger partial charge in [0.15, 0.2) is 0 Å². The molecule has 0 spiro atoms. The van der Waals surface area contributed by atoms with E-state index in [1.807, 2.05) is 63.4 Å². The lowest BCUT2D eigenvalue weighted by molar-refractivity contribution is -0.136. The minimum Gasteiger partial charge on any atom is -0.465 e. The van der Waals surface area contributed by atoms with Crippen LogP contribution < -0.4 is 4.90 Å². The zero-order valence-corrected chi connectivity index (χ0v) is 24.6. The second-order valence-electron chi connectivity index (χ2n) is 11.4. The molecule has 206 valence electrons.